The first-order valence-electron chi connectivity index (χ1n) is 7.95. The lowest BCUT2D eigenvalue weighted by Crippen LogP contribution is -2.44. The first-order valence-corrected chi connectivity index (χ1v) is 9.27. The van der Waals surface area contributed by atoms with Gasteiger partial charge in [-0.05, 0) is 49.4 Å². The van der Waals surface area contributed by atoms with Crippen LogP contribution in [0.25, 0.3) is 0 Å². The number of para-hydroxylation sites is 1. The van der Waals surface area contributed by atoms with Crippen LogP contribution in [0.15, 0.2) is 59.5 Å². The molecule has 2 atom stereocenters. The number of amides is 1. The lowest BCUT2D eigenvalue weighted by molar-refractivity contribution is -0.122. The maximum Gasteiger partial charge on any atom is 0.238 e. The molecule has 1 aliphatic heterocycles. The fraction of sp³-hybridized carbons (Fsp3) is 0.278. The second-order valence-electron chi connectivity index (χ2n) is 5.55. The van der Waals surface area contributed by atoms with Crippen LogP contribution in [0.4, 0.5) is 0 Å². The molecule has 6 heteroatoms. The van der Waals surface area contributed by atoms with Gasteiger partial charge in [0.1, 0.15) is 11.5 Å². The summed E-state index contributed by atoms with van der Waals surface area (Å²) in [6.45, 7) is 1.42. The van der Waals surface area contributed by atoms with Crippen LogP contribution in [0.2, 0.25) is 0 Å². The van der Waals surface area contributed by atoms with Crippen molar-refractivity contribution in [1.82, 2.24) is 10.6 Å². The number of ether oxygens (including phenoxy) is 1. The first kappa shape index (κ1) is 16.7. The molecule has 0 radical (unpaired) electrons. The lowest BCUT2D eigenvalue weighted by Gasteiger charge is -2.14. The monoisotopic (exact) mass is 344 g/mol. The van der Waals surface area contributed by atoms with Crippen molar-refractivity contribution in [3.05, 3.63) is 54.6 Å². The van der Waals surface area contributed by atoms with E-state index in [-0.39, 0.29) is 11.7 Å². The van der Waals surface area contributed by atoms with E-state index in [9.17, 15) is 9.00 Å². The van der Waals surface area contributed by atoms with Gasteiger partial charge in [0.15, 0.2) is 0 Å². The summed E-state index contributed by atoms with van der Waals surface area (Å²) in [6.07, 6.45) is 0.889. The van der Waals surface area contributed by atoms with Gasteiger partial charge in [0.05, 0.1) is 22.6 Å². The highest BCUT2D eigenvalue weighted by Gasteiger charge is 2.22. The SMILES string of the molecule is O=C1NCCCNC1CS(=O)c1ccc(Oc2ccccc2)cc1. The molecule has 1 saturated heterocycles. The molecule has 0 saturated carbocycles. The standard InChI is InChI=1S/C18H20N2O3S/c21-18-17(19-11-4-12-20-18)13-24(22)16-9-7-15(8-10-16)23-14-5-2-1-3-6-14/h1-3,5-10,17,19H,4,11-13H2,(H,20,21). The van der Waals surface area contributed by atoms with Crippen LogP contribution in [-0.2, 0) is 15.6 Å². The van der Waals surface area contributed by atoms with Crippen molar-refractivity contribution in [3.8, 4) is 11.5 Å². The minimum absolute atomic E-state index is 0.0788. The predicted molar refractivity (Wildman–Crippen MR) is 93.7 cm³/mol. The zero-order chi connectivity index (χ0) is 16.8. The van der Waals surface area contributed by atoms with Crippen molar-refractivity contribution in [1.29, 1.82) is 0 Å². The average Bonchev–Trinajstić information content (AvgIpc) is 2.81. The molecule has 3 rings (SSSR count). The Kier molecular flexibility index (Phi) is 5.61. The summed E-state index contributed by atoms with van der Waals surface area (Å²) in [6, 6.07) is 16.2. The number of rotatable bonds is 5. The van der Waals surface area contributed by atoms with E-state index in [0.29, 0.717) is 17.2 Å². The van der Waals surface area contributed by atoms with E-state index in [0.717, 1.165) is 18.7 Å². The molecule has 24 heavy (non-hydrogen) atoms. The molecule has 2 N–H and O–H groups in total. The van der Waals surface area contributed by atoms with Crippen LogP contribution in [-0.4, -0.2) is 35.0 Å². The van der Waals surface area contributed by atoms with Crippen LogP contribution >= 0.6 is 0 Å². The molecule has 0 spiro atoms. The Balaban J connectivity index is 1.62. The molecule has 2 aromatic carbocycles. The number of carbonyl (C=O) groups is 1. The number of benzene rings is 2. The summed E-state index contributed by atoms with van der Waals surface area (Å²) in [5, 5.41) is 5.98. The highest BCUT2D eigenvalue weighted by molar-refractivity contribution is 7.85. The van der Waals surface area contributed by atoms with Crippen molar-refractivity contribution < 1.29 is 13.7 Å². The van der Waals surface area contributed by atoms with Crippen molar-refractivity contribution in [3.63, 3.8) is 0 Å². The zero-order valence-electron chi connectivity index (χ0n) is 13.2. The quantitative estimate of drug-likeness (QED) is 0.871. The van der Waals surface area contributed by atoms with E-state index in [4.69, 9.17) is 4.74 Å². The second kappa shape index (κ2) is 8.08. The summed E-state index contributed by atoms with van der Waals surface area (Å²) in [5.74, 6) is 1.63. The Morgan fingerprint density at radius 2 is 1.71 bits per heavy atom. The summed E-state index contributed by atoms with van der Waals surface area (Å²) in [5.41, 5.74) is 0. The molecular weight excluding hydrogens is 324 g/mol. The molecule has 1 fully saturated rings. The molecular formula is C18H20N2O3S. The van der Waals surface area contributed by atoms with Gasteiger partial charge in [-0.2, -0.15) is 0 Å². The van der Waals surface area contributed by atoms with Crippen LogP contribution < -0.4 is 15.4 Å². The highest BCUT2D eigenvalue weighted by Crippen LogP contribution is 2.22. The summed E-state index contributed by atoms with van der Waals surface area (Å²) < 4.78 is 18.2. The minimum atomic E-state index is -1.24. The molecule has 1 heterocycles. The zero-order valence-corrected chi connectivity index (χ0v) is 14.1. The van der Waals surface area contributed by atoms with E-state index in [2.05, 4.69) is 10.6 Å². The summed E-state index contributed by atoms with van der Waals surface area (Å²) in [4.78, 5) is 12.6. The van der Waals surface area contributed by atoms with E-state index in [1.165, 1.54) is 0 Å². The van der Waals surface area contributed by atoms with Gasteiger partial charge in [-0.15, -0.1) is 0 Å². The molecule has 2 aromatic rings. The number of carbonyl (C=O) groups excluding carboxylic acids is 1. The van der Waals surface area contributed by atoms with E-state index >= 15 is 0 Å². The van der Waals surface area contributed by atoms with Gasteiger partial charge in [-0.25, -0.2) is 0 Å². The maximum absolute atomic E-state index is 12.5. The molecule has 1 amide bonds. The largest absolute Gasteiger partial charge is 0.457 e. The van der Waals surface area contributed by atoms with Crippen LogP contribution in [0, 0.1) is 0 Å². The summed E-state index contributed by atoms with van der Waals surface area (Å²) in [7, 11) is -1.24. The number of hydrogen-bond acceptors (Lipinski definition) is 4. The normalized spacial score (nSPS) is 19.2. The second-order valence-corrected chi connectivity index (χ2v) is 7.05. The lowest BCUT2D eigenvalue weighted by atomic mass is 10.3. The van der Waals surface area contributed by atoms with Crippen molar-refractivity contribution in [2.45, 2.75) is 17.4 Å². The number of hydrogen-bond donors (Lipinski definition) is 2. The van der Waals surface area contributed by atoms with Crippen molar-refractivity contribution >= 4 is 16.7 Å². The Labute approximate surface area is 143 Å². The van der Waals surface area contributed by atoms with Crippen LogP contribution in [0.5, 0.6) is 11.5 Å². The Morgan fingerprint density at radius 1 is 1.00 bits per heavy atom. The third-order valence-electron chi connectivity index (χ3n) is 3.74. The van der Waals surface area contributed by atoms with Crippen molar-refractivity contribution in [2.75, 3.05) is 18.8 Å². The average molecular weight is 344 g/mol. The highest BCUT2D eigenvalue weighted by atomic mass is 32.2. The fourth-order valence-corrected chi connectivity index (χ4v) is 3.66. The first-order chi connectivity index (χ1) is 11.7. The van der Waals surface area contributed by atoms with Crippen molar-refractivity contribution in [2.24, 2.45) is 0 Å². The Hall–Kier alpha value is -2.18. The third-order valence-corrected chi connectivity index (χ3v) is 5.18. The van der Waals surface area contributed by atoms with Gasteiger partial charge in [-0.1, -0.05) is 18.2 Å². The van der Waals surface area contributed by atoms with Crippen LogP contribution in [0.3, 0.4) is 0 Å². The van der Waals surface area contributed by atoms with E-state index < -0.39 is 16.8 Å². The third kappa shape index (κ3) is 4.43. The van der Waals surface area contributed by atoms with Gasteiger partial charge in [0.25, 0.3) is 0 Å². The van der Waals surface area contributed by atoms with Gasteiger partial charge in [-0.3, -0.25) is 9.00 Å². The Bertz CT molecular complexity index is 704. The molecule has 2 unspecified atom stereocenters. The Morgan fingerprint density at radius 3 is 2.46 bits per heavy atom. The van der Waals surface area contributed by atoms with E-state index in [1.54, 1.807) is 24.3 Å². The topological polar surface area (TPSA) is 67.4 Å². The predicted octanol–water partition coefficient (Wildman–Crippen LogP) is 2.06. The van der Waals surface area contributed by atoms with Gasteiger partial charge >= 0.3 is 0 Å². The molecule has 5 nitrogen and oxygen atoms in total. The van der Waals surface area contributed by atoms with Gasteiger partial charge in [0.2, 0.25) is 5.91 Å². The molecule has 0 bridgehead atoms. The molecule has 0 aliphatic carbocycles. The van der Waals surface area contributed by atoms with E-state index in [1.807, 2.05) is 30.3 Å². The van der Waals surface area contributed by atoms with Gasteiger partial charge in [0, 0.05) is 11.4 Å². The minimum Gasteiger partial charge on any atom is -0.457 e. The maximum atomic E-state index is 12.5. The summed E-state index contributed by atoms with van der Waals surface area (Å²) >= 11 is 0. The number of nitrogens with one attached hydrogen (secondary N) is 2. The smallest absolute Gasteiger partial charge is 0.238 e. The van der Waals surface area contributed by atoms with Gasteiger partial charge < -0.3 is 15.4 Å². The van der Waals surface area contributed by atoms with Crippen LogP contribution in [0.1, 0.15) is 6.42 Å². The fourth-order valence-electron chi connectivity index (χ4n) is 2.46. The molecule has 126 valence electrons. The molecule has 1 aliphatic rings. The molecule has 0 aromatic heterocycles.